The highest BCUT2D eigenvalue weighted by Crippen LogP contribution is 2.21. The van der Waals surface area contributed by atoms with Gasteiger partial charge in [0.25, 0.3) is 0 Å². The maximum Gasteiger partial charge on any atom is 0.408 e. The molecule has 1 amide bonds. The molecule has 0 atom stereocenters. The summed E-state index contributed by atoms with van der Waals surface area (Å²) in [5.74, 6) is 5.71. The summed E-state index contributed by atoms with van der Waals surface area (Å²) in [6, 6.07) is 3.49. The highest BCUT2D eigenvalue weighted by atomic mass is 35.5. The number of nitrogens with one attached hydrogen (secondary N) is 1. The molecular formula is C15H19ClN2O2. The Balaban J connectivity index is 2.60. The number of ether oxygens (including phenoxy) is 1. The highest BCUT2D eigenvalue weighted by Gasteiger charge is 2.15. The standard InChI is InChI=1S/C15H19ClN2O2/c1-10-8-11(12(16)9-13(10)17)6-5-7-18-14(19)20-15(2,3)4/h8-9H,7,17H2,1-4H3,(H,18,19). The fourth-order valence-corrected chi connectivity index (χ4v) is 1.58. The number of benzene rings is 1. The number of amides is 1. The van der Waals surface area contributed by atoms with Gasteiger partial charge in [-0.25, -0.2) is 4.79 Å². The summed E-state index contributed by atoms with van der Waals surface area (Å²) >= 11 is 6.04. The van der Waals surface area contributed by atoms with Crippen LogP contribution >= 0.6 is 11.6 Å². The van der Waals surface area contributed by atoms with Gasteiger partial charge >= 0.3 is 6.09 Å². The summed E-state index contributed by atoms with van der Waals surface area (Å²) in [7, 11) is 0. The Morgan fingerprint density at radius 1 is 1.45 bits per heavy atom. The summed E-state index contributed by atoms with van der Waals surface area (Å²) in [4.78, 5) is 11.4. The molecule has 5 heteroatoms. The Labute approximate surface area is 124 Å². The minimum atomic E-state index is -0.519. The number of aryl methyl sites for hydroxylation is 1. The third kappa shape index (κ3) is 5.41. The Hall–Kier alpha value is -1.86. The van der Waals surface area contributed by atoms with E-state index in [1.807, 2.05) is 13.0 Å². The Kier molecular flexibility index (Phi) is 5.29. The van der Waals surface area contributed by atoms with Crippen LogP contribution in [0.1, 0.15) is 31.9 Å². The van der Waals surface area contributed by atoms with Crippen molar-refractivity contribution in [3.05, 3.63) is 28.3 Å². The first kappa shape index (κ1) is 16.2. The second-order valence-corrected chi connectivity index (χ2v) is 5.75. The molecule has 20 heavy (non-hydrogen) atoms. The molecule has 0 aliphatic carbocycles. The molecule has 0 radical (unpaired) electrons. The van der Waals surface area contributed by atoms with Crippen molar-refractivity contribution in [3.63, 3.8) is 0 Å². The SMILES string of the molecule is Cc1cc(C#CCNC(=O)OC(C)(C)C)c(Cl)cc1N. The molecule has 0 bridgehead atoms. The van der Waals surface area contributed by atoms with Gasteiger partial charge in [-0.05, 0) is 45.4 Å². The zero-order valence-corrected chi connectivity index (χ0v) is 12.9. The van der Waals surface area contributed by atoms with Gasteiger partial charge in [-0.2, -0.15) is 0 Å². The van der Waals surface area contributed by atoms with Crippen LogP contribution in [-0.2, 0) is 4.74 Å². The van der Waals surface area contributed by atoms with E-state index in [1.165, 1.54) is 0 Å². The summed E-state index contributed by atoms with van der Waals surface area (Å²) < 4.78 is 5.09. The molecule has 0 spiro atoms. The van der Waals surface area contributed by atoms with Crippen molar-refractivity contribution in [2.45, 2.75) is 33.3 Å². The third-order valence-corrected chi connectivity index (χ3v) is 2.61. The summed E-state index contributed by atoms with van der Waals surface area (Å²) in [5, 5.41) is 3.05. The van der Waals surface area contributed by atoms with E-state index in [0.29, 0.717) is 16.3 Å². The number of carbonyl (C=O) groups excluding carboxylic acids is 1. The van der Waals surface area contributed by atoms with Crippen molar-refractivity contribution >= 4 is 23.4 Å². The maximum absolute atomic E-state index is 11.4. The van der Waals surface area contributed by atoms with E-state index in [-0.39, 0.29) is 6.54 Å². The molecule has 0 unspecified atom stereocenters. The van der Waals surface area contributed by atoms with Crippen molar-refractivity contribution in [2.75, 3.05) is 12.3 Å². The third-order valence-electron chi connectivity index (χ3n) is 2.30. The Morgan fingerprint density at radius 3 is 2.70 bits per heavy atom. The number of nitrogen functional groups attached to an aromatic ring is 1. The van der Waals surface area contributed by atoms with E-state index in [1.54, 1.807) is 26.8 Å². The second-order valence-electron chi connectivity index (χ2n) is 5.35. The van der Waals surface area contributed by atoms with Crippen LogP contribution in [-0.4, -0.2) is 18.2 Å². The molecule has 0 aromatic heterocycles. The lowest BCUT2D eigenvalue weighted by molar-refractivity contribution is 0.0535. The topological polar surface area (TPSA) is 64.3 Å². The largest absolute Gasteiger partial charge is 0.444 e. The molecule has 0 saturated carbocycles. The van der Waals surface area contributed by atoms with Crippen LogP contribution in [0.25, 0.3) is 0 Å². The van der Waals surface area contributed by atoms with Crippen LogP contribution < -0.4 is 11.1 Å². The van der Waals surface area contributed by atoms with E-state index < -0.39 is 11.7 Å². The molecule has 0 heterocycles. The van der Waals surface area contributed by atoms with Gasteiger partial charge in [0.05, 0.1) is 11.6 Å². The van der Waals surface area contributed by atoms with Crippen LogP contribution in [0.3, 0.4) is 0 Å². The van der Waals surface area contributed by atoms with Gasteiger partial charge in [0.1, 0.15) is 5.60 Å². The lowest BCUT2D eigenvalue weighted by Gasteiger charge is -2.19. The first-order chi connectivity index (χ1) is 9.19. The van der Waals surface area contributed by atoms with E-state index in [4.69, 9.17) is 22.1 Å². The van der Waals surface area contributed by atoms with E-state index in [9.17, 15) is 4.79 Å². The molecule has 108 valence electrons. The molecule has 0 aliphatic heterocycles. The fourth-order valence-electron chi connectivity index (χ4n) is 1.36. The molecular weight excluding hydrogens is 276 g/mol. The Morgan fingerprint density at radius 2 is 2.10 bits per heavy atom. The zero-order valence-electron chi connectivity index (χ0n) is 12.1. The number of nitrogens with two attached hydrogens (primary N) is 1. The fraction of sp³-hybridized carbons (Fsp3) is 0.400. The normalized spacial score (nSPS) is 10.4. The number of halogens is 1. The van der Waals surface area contributed by atoms with Gasteiger partial charge in [-0.15, -0.1) is 0 Å². The first-order valence-electron chi connectivity index (χ1n) is 6.20. The van der Waals surface area contributed by atoms with Gasteiger partial charge in [0.2, 0.25) is 0 Å². The molecule has 0 saturated heterocycles. The van der Waals surface area contributed by atoms with Crippen molar-refractivity contribution in [3.8, 4) is 11.8 Å². The van der Waals surface area contributed by atoms with E-state index in [0.717, 1.165) is 5.56 Å². The first-order valence-corrected chi connectivity index (χ1v) is 6.58. The molecule has 1 aromatic rings. The quantitative estimate of drug-likeness (QED) is 0.618. The van der Waals surface area contributed by atoms with Crippen LogP contribution in [0, 0.1) is 18.8 Å². The molecule has 0 aliphatic rings. The lowest BCUT2D eigenvalue weighted by Crippen LogP contribution is -2.32. The second kappa shape index (κ2) is 6.53. The molecule has 1 rings (SSSR count). The zero-order chi connectivity index (χ0) is 15.3. The van der Waals surface area contributed by atoms with Crippen molar-refractivity contribution in [2.24, 2.45) is 0 Å². The van der Waals surface area contributed by atoms with Crippen LogP contribution in [0.5, 0.6) is 0 Å². The lowest BCUT2D eigenvalue weighted by atomic mass is 10.1. The summed E-state index contributed by atoms with van der Waals surface area (Å²) in [6.07, 6.45) is -0.494. The smallest absolute Gasteiger partial charge is 0.408 e. The van der Waals surface area contributed by atoms with Crippen molar-refractivity contribution in [1.29, 1.82) is 0 Å². The van der Waals surface area contributed by atoms with Crippen molar-refractivity contribution in [1.82, 2.24) is 5.32 Å². The molecule has 0 fully saturated rings. The predicted octanol–water partition coefficient (Wildman–Crippen LogP) is 3.11. The molecule has 4 nitrogen and oxygen atoms in total. The average Bonchev–Trinajstić information content (AvgIpc) is 2.28. The van der Waals surface area contributed by atoms with Crippen LogP contribution in [0.15, 0.2) is 12.1 Å². The number of anilines is 1. The number of alkyl carbamates (subject to hydrolysis) is 1. The highest BCUT2D eigenvalue weighted by molar-refractivity contribution is 6.32. The van der Waals surface area contributed by atoms with Gasteiger partial charge < -0.3 is 15.8 Å². The monoisotopic (exact) mass is 294 g/mol. The molecule has 3 N–H and O–H groups in total. The number of rotatable bonds is 1. The summed E-state index contributed by atoms with van der Waals surface area (Å²) in [6.45, 7) is 7.48. The van der Waals surface area contributed by atoms with Gasteiger partial charge in [-0.3, -0.25) is 0 Å². The van der Waals surface area contributed by atoms with E-state index >= 15 is 0 Å². The maximum atomic E-state index is 11.4. The minimum Gasteiger partial charge on any atom is -0.444 e. The van der Waals surface area contributed by atoms with Gasteiger partial charge in [0, 0.05) is 11.3 Å². The Bertz CT molecular complexity index is 566. The molecule has 1 aromatic carbocycles. The number of hydrogen-bond acceptors (Lipinski definition) is 3. The van der Waals surface area contributed by atoms with Crippen LogP contribution in [0.2, 0.25) is 5.02 Å². The van der Waals surface area contributed by atoms with E-state index in [2.05, 4.69) is 17.2 Å². The van der Waals surface area contributed by atoms with Gasteiger partial charge in [-0.1, -0.05) is 23.4 Å². The predicted molar refractivity (Wildman–Crippen MR) is 81.7 cm³/mol. The number of hydrogen-bond donors (Lipinski definition) is 2. The number of carbonyl (C=O) groups is 1. The van der Waals surface area contributed by atoms with Gasteiger partial charge in [0.15, 0.2) is 0 Å². The minimum absolute atomic E-state index is 0.189. The summed E-state index contributed by atoms with van der Waals surface area (Å²) in [5.41, 5.74) is 7.45. The van der Waals surface area contributed by atoms with Crippen LogP contribution in [0.4, 0.5) is 10.5 Å². The van der Waals surface area contributed by atoms with Crippen molar-refractivity contribution < 1.29 is 9.53 Å². The average molecular weight is 295 g/mol.